The van der Waals surface area contributed by atoms with E-state index in [0.717, 1.165) is 22.6 Å². The first-order valence-corrected chi connectivity index (χ1v) is 9.82. The quantitative estimate of drug-likeness (QED) is 0.260. The van der Waals surface area contributed by atoms with Crippen LogP contribution in [-0.4, -0.2) is 32.7 Å². The summed E-state index contributed by atoms with van der Waals surface area (Å²) >= 11 is 0. The highest BCUT2D eigenvalue weighted by atomic mass is 16.6. The fourth-order valence-corrected chi connectivity index (χ4v) is 3.11. The first kappa shape index (κ1) is 22.4. The highest BCUT2D eigenvalue weighted by molar-refractivity contribution is 5.98. The van der Waals surface area contributed by atoms with Crippen LogP contribution in [0.15, 0.2) is 60.7 Å². The number of ether oxygens (including phenoxy) is 1. The number of para-hydroxylation sites is 3. The van der Waals surface area contributed by atoms with Crippen LogP contribution in [0, 0.1) is 24.0 Å². The molecular weight excluding hydrogens is 412 g/mol. The number of nitrogens with one attached hydrogen (secondary N) is 1. The van der Waals surface area contributed by atoms with Gasteiger partial charge in [0.05, 0.1) is 16.3 Å². The summed E-state index contributed by atoms with van der Waals surface area (Å²) in [6.07, 6.45) is 1.66. The van der Waals surface area contributed by atoms with Gasteiger partial charge in [-0.3, -0.25) is 14.9 Å². The number of hydrogen-bond donors (Lipinski definition) is 1. The lowest BCUT2D eigenvalue weighted by Crippen LogP contribution is -2.29. The van der Waals surface area contributed by atoms with Crippen molar-refractivity contribution >= 4 is 29.3 Å². The maximum atomic E-state index is 12.3. The number of nitro benzene ring substituents is 1. The molecule has 3 rings (SSSR count). The molecule has 0 fully saturated rings. The molecule has 0 aliphatic carbocycles. The van der Waals surface area contributed by atoms with Gasteiger partial charge in [-0.2, -0.15) is 5.10 Å². The van der Waals surface area contributed by atoms with Gasteiger partial charge in [-0.1, -0.05) is 30.3 Å². The topological polar surface area (TPSA) is 116 Å². The summed E-state index contributed by atoms with van der Waals surface area (Å²) < 4.78 is 6.92. The van der Waals surface area contributed by atoms with Gasteiger partial charge in [-0.25, -0.2) is 9.48 Å². The van der Waals surface area contributed by atoms with E-state index >= 15 is 0 Å². The number of benzene rings is 2. The molecule has 1 amide bonds. The number of anilines is 1. The Kier molecular flexibility index (Phi) is 6.79. The maximum Gasteiger partial charge on any atom is 0.331 e. The standard InChI is InChI=1S/C23H22N4O5/c1-15-19(16(2)26(25-15)18-9-5-4-6-10-18)13-14-22(28)32-17(3)23(29)24-20-11-7-8-12-21(20)27(30)31/h4-14,17H,1-3H3,(H,24,29)/b14-13+. The van der Waals surface area contributed by atoms with Crippen molar-refractivity contribution in [3.8, 4) is 5.69 Å². The van der Waals surface area contributed by atoms with E-state index in [-0.39, 0.29) is 11.4 Å². The first-order chi connectivity index (χ1) is 15.3. The molecule has 1 unspecified atom stereocenters. The van der Waals surface area contributed by atoms with Crippen LogP contribution >= 0.6 is 0 Å². The van der Waals surface area contributed by atoms with E-state index in [1.807, 2.05) is 44.2 Å². The lowest BCUT2D eigenvalue weighted by molar-refractivity contribution is -0.383. The zero-order chi connectivity index (χ0) is 23.3. The van der Waals surface area contributed by atoms with Crippen molar-refractivity contribution in [1.82, 2.24) is 9.78 Å². The second-order valence-electron chi connectivity index (χ2n) is 7.01. The molecule has 1 aromatic heterocycles. The normalized spacial score (nSPS) is 11.8. The van der Waals surface area contributed by atoms with E-state index in [9.17, 15) is 19.7 Å². The number of aryl methyl sites for hydroxylation is 1. The molecule has 164 valence electrons. The molecule has 0 saturated carbocycles. The fraction of sp³-hybridized carbons (Fsp3) is 0.174. The lowest BCUT2D eigenvalue weighted by Gasteiger charge is -2.12. The average Bonchev–Trinajstić information content (AvgIpc) is 3.06. The van der Waals surface area contributed by atoms with Crippen LogP contribution in [0.5, 0.6) is 0 Å². The molecule has 0 spiro atoms. The summed E-state index contributed by atoms with van der Waals surface area (Å²) in [6, 6.07) is 15.3. The minimum atomic E-state index is -1.15. The number of esters is 1. The van der Waals surface area contributed by atoms with Gasteiger partial charge in [-0.05, 0) is 45.0 Å². The summed E-state index contributed by atoms with van der Waals surface area (Å²) in [5.74, 6) is -1.40. The summed E-state index contributed by atoms with van der Waals surface area (Å²) in [4.78, 5) is 35.0. The van der Waals surface area contributed by atoms with E-state index < -0.39 is 22.9 Å². The Hall–Kier alpha value is -4.27. The third kappa shape index (κ3) is 5.07. The molecule has 1 atom stereocenters. The third-order valence-corrected chi connectivity index (χ3v) is 4.75. The van der Waals surface area contributed by atoms with Crippen molar-refractivity contribution in [1.29, 1.82) is 0 Å². The van der Waals surface area contributed by atoms with Gasteiger partial charge >= 0.3 is 5.97 Å². The van der Waals surface area contributed by atoms with E-state index in [4.69, 9.17) is 4.74 Å². The Morgan fingerprint density at radius 2 is 1.78 bits per heavy atom. The predicted molar refractivity (Wildman–Crippen MR) is 119 cm³/mol. The molecule has 1 heterocycles. The van der Waals surface area contributed by atoms with E-state index in [0.29, 0.717) is 0 Å². The van der Waals surface area contributed by atoms with Crippen molar-refractivity contribution in [2.24, 2.45) is 0 Å². The molecule has 9 nitrogen and oxygen atoms in total. The van der Waals surface area contributed by atoms with Crippen LogP contribution in [0.3, 0.4) is 0 Å². The van der Waals surface area contributed by atoms with Crippen molar-refractivity contribution < 1.29 is 19.2 Å². The number of nitro groups is 1. The number of rotatable bonds is 7. The lowest BCUT2D eigenvalue weighted by atomic mass is 10.2. The summed E-state index contributed by atoms with van der Waals surface area (Å²) in [5.41, 5.74) is 3.03. The van der Waals surface area contributed by atoms with Crippen LogP contribution in [0.2, 0.25) is 0 Å². The second kappa shape index (κ2) is 9.69. The number of hydrogen-bond acceptors (Lipinski definition) is 6. The number of carbonyl (C=O) groups excluding carboxylic acids is 2. The number of aromatic nitrogens is 2. The van der Waals surface area contributed by atoms with Crippen LogP contribution in [-0.2, 0) is 14.3 Å². The molecule has 0 saturated heterocycles. The Balaban J connectivity index is 1.66. The van der Waals surface area contributed by atoms with Crippen molar-refractivity contribution in [2.45, 2.75) is 26.9 Å². The summed E-state index contributed by atoms with van der Waals surface area (Å²) in [7, 11) is 0. The van der Waals surface area contributed by atoms with Crippen LogP contribution in [0.1, 0.15) is 23.9 Å². The average molecular weight is 434 g/mol. The molecule has 32 heavy (non-hydrogen) atoms. The van der Waals surface area contributed by atoms with Crippen LogP contribution in [0.4, 0.5) is 11.4 Å². The fourth-order valence-electron chi connectivity index (χ4n) is 3.11. The van der Waals surface area contributed by atoms with E-state index in [1.165, 1.54) is 31.2 Å². The molecule has 1 N–H and O–H groups in total. The summed E-state index contributed by atoms with van der Waals surface area (Å²) in [6.45, 7) is 5.11. The minimum absolute atomic E-state index is 0.0283. The number of amides is 1. The van der Waals surface area contributed by atoms with Gasteiger partial charge in [0.1, 0.15) is 5.69 Å². The predicted octanol–water partition coefficient (Wildman–Crippen LogP) is 3.98. The molecule has 0 radical (unpaired) electrons. The van der Waals surface area contributed by atoms with Crippen molar-refractivity contribution in [3.63, 3.8) is 0 Å². The Labute approximate surface area is 184 Å². The Morgan fingerprint density at radius 1 is 1.12 bits per heavy atom. The highest BCUT2D eigenvalue weighted by Crippen LogP contribution is 2.23. The second-order valence-corrected chi connectivity index (χ2v) is 7.01. The molecule has 9 heteroatoms. The van der Waals surface area contributed by atoms with E-state index in [1.54, 1.807) is 16.8 Å². The highest BCUT2D eigenvalue weighted by Gasteiger charge is 2.21. The van der Waals surface area contributed by atoms with Gasteiger partial charge in [0.2, 0.25) is 0 Å². The largest absolute Gasteiger partial charge is 0.449 e. The number of nitrogens with zero attached hydrogens (tertiary/aromatic N) is 3. The molecule has 0 aliphatic rings. The zero-order valence-corrected chi connectivity index (χ0v) is 17.8. The SMILES string of the molecule is Cc1nn(-c2ccccc2)c(C)c1/C=C/C(=O)OC(C)C(=O)Nc1ccccc1[N+](=O)[O-]. The van der Waals surface area contributed by atoms with E-state index in [2.05, 4.69) is 10.4 Å². The molecule has 2 aromatic carbocycles. The molecule has 3 aromatic rings. The summed E-state index contributed by atoms with van der Waals surface area (Å²) in [5, 5.41) is 18.0. The first-order valence-electron chi connectivity index (χ1n) is 9.82. The van der Waals surface area contributed by atoms with Gasteiger partial charge in [0, 0.05) is 23.4 Å². The minimum Gasteiger partial charge on any atom is -0.449 e. The molecular formula is C23H22N4O5. The van der Waals surface area contributed by atoms with Crippen molar-refractivity contribution in [3.05, 3.63) is 87.7 Å². The smallest absolute Gasteiger partial charge is 0.331 e. The van der Waals surface area contributed by atoms with Gasteiger partial charge in [-0.15, -0.1) is 0 Å². The van der Waals surface area contributed by atoms with Gasteiger partial charge < -0.3 is 10.1 Å². The number of carbonyl (C=O) groups is 2. The zero-order valence-electron chi connectivity index (χ0n) is 17.8. The van der Waals surface area contributed by atoms with Crippen LogP contribution < -0.4 is 5.32 Å². The Morgan fingerprint density at radius 3 is 2.47 bits per heavy atom. The van der Waals surface area contributed by atoms with Gasteiger partial charge in [0.25, 0.3) is 11.6 Å². The van der Waals surface area contributed by atoms with Gasteiger partial charge in [0.15, 0.2) is 6.10 Å². The van der Waals surface area contributed by atoms with Crippen molar-refractivity contribution in [2.75, 3.05) is 5.32 Å². The molecule has 0 aliphatic heterocycles. The monoisotopic (exact) mass is 434 g/mol. The Bertz CT molecular complexity index is 1180. The van der Waals surface area contributed by atoms with Crippen LogP contribution in [0.25, 0.3) is 11.8 Å². The molecule has 0 bridgehead atoms. The third-order valence-electron chi connectivity index (χ3n) is 4.75. The maximum absolute atomic E-state index is 12.3.